The highest BCUT2D eigenvalue weighted by atomic mass is 35.5. The van der Waals surface area contributed by atoms with Gasteiger partial charge in [-0.1, -0.05) is 39.0 Å². The van der Waals surface area contributed by atoms with Crippen LogP contribution in [0.1, 0.15) is 71.1 Å². The average Bonchev–Trinajstić information content (AvgIpc) is 2.26. The maximum Gasteiger partial charge on any atom is 0.0223 e. The maximum absolute atomic E-state index is 5.60. The van der Waals surface area contributed by atoms with E-state index in [9.17, 15) is 0 Å². The summed E-state index contributed by atoms with van der Waals surface area (Å²) in [6, 6.07) is 0. The number of halogens is 1. The first-order valence-electron chi connectivity index (χ1n) is 6.43. The molecule has 0 aliphatic carbocycles. The smallest absolute Gasteiger partial charge is 0.0223 e. The summed E-state index contributed by atoms with van der Waals surface area (Å²) in [4.78, 5) is 0. The molecular weight excluding hydrogens is 204 g/mol. The lowest BCUT2D eigenvalue weighted by atomic mass is 10.1. The molecule has 0 aliphatic heterocycles. The summed E-state index contributed by atoms with van der Waals surface area (Å²) in [6.07, 6.45) is 12.4. The molecule has 0 bridgehead atoms. The second-order valence-corrected chi connectivity index (χ2v) is 4.40. The second kappa shape index (κ2) is 13.8. The topological polar surface area (TPSA) is 0 Å². The minimum absolute atomic E-state index is 0.809. The van der Waals surface area contributed by atoms with Crippen LogP contribution < -0.4 is 0 Å². The highest BCUT2D eigenvalue weighted by Gasteiger charge is 1.87. The molecule has 0 spiro atoms. The third-order valence-corrected chi connectivity index (χ3v) is 2.73. The van der Waals surface area contributed by atoms with Crippen LogP contribution in [0.2, 0.25) is 0 Å². The molecule has 0 heterocycles. The van der Waals surface area contributed by atoms with E-state index in [1.165, 1.54) is 44.9 Å². The molecule has 0 amide bonds. The fraction of sp³-hybridized carbons (Fsp3) is 0.857. The van der Waals surface area contributed by atoms with Crippen molar-refractivity contribution in [2.45, 2.75) is 71.1 Å². The van der Waals surface area contributed by atoms with Crippen molar-refractivity contribution >= 4 is 11.6 Å². The van der Waals surface area contributed by atoms with E-state index in [2.05, 4.69) is 18.8 Å². The molecule has 0 aliphatic rings. The van der Waals surface area contributed by atoms with E-state index in [1.54, 1.807) is 0 Å². The third-order valence-electron chi connectivity index (χ3n) is 2.47. The molecule has 15 heavy (non-hydrogen) atoms. The van der Waals surface area contributed by atoms with Crippen molar-refractivity contribution < 1.29 is 0 Å². The molecule has 0 atom stereocenters. The second-order valence-electron chi connectivity index (χ2n) is 4.02. The molecule has 0 rings (SSSR count). The summed E-state index contributed by atoms with van der Waals surface area (Å²) < 4.78 is 0. The van der Waals surface area contributed by atoms with Gasteiger partial charge in [0, 0.05) is 18.7 Å². The van der Waals surface area contributed by atoms with E-state index in [0.717, 1.165) is 25.1 Å². The molecule has 0 unspecified atom stereocenters. The van der Waals surface area contributed by atoms with Gasteiger partial charge in [-0.05, 0) is 19.3 Å². The van der Waals surface area contributed by atoms with Gasteiger partial charge in [-0.25, -0.2) is 0 Å². The molecule has 0 aromatic rings. The van der Waals surface area contributed by atoms with Crippen molar-refractivity contribution in [1.29, 1.82) is 0 Å². The number of rotatable bonds is 9. The van der Waals surface area contributed by atoms with Crippen LogP contribution in [-0.4, -0.2) is 5.88 Å². The Morgan fingerprint density at radius 1 is 0.733 bits per heavy atom. The molecule has 0 nitrogen and oxygen atoms in total. The molecule has 0 fully saturated rings. The molecule has 88 valence electrons. The van der Waals surface area contributed by atoms with Crippen molar-refractivity contribution in [2.75, 3.05) is 5.88 Å². The Balaban J connectivity index is 3.03. The Kier molecular flexibility index (Phi) is 13.7. The van der Waals surface area contributed by atoms with E-state index < -0.39 is 0 Å². The van der Waals surface area contributed by atoms with Crippen LogP contribution in [0, 0.1) is 11.8 Å². The lowest BCUT2D eigenvalue weighted by molar-refractivity contribution is 0.675. The number of hydrogen-bond acceptors (Lipinski definition) is 0. The molecule has 0 N–H and O–H groups in total. The third kappa shape index (κ3) is 13.9. The predicted octanol–water partition coefficient (Wildman–Crippen LogP) is 5.15. The molecule has 1 heteroatoms. The van der Waals surface area contributed by atoms with Gasteiger partial charge in [-0.2, -0.15) is 0 Å². The Morgan fingerprint density at radius 2 is 1.27 bits per heavy atom. The summed E-state index contributed by atoms with van der Waals surface area (Å²) in [5, 5.41) is 0. The first kappa shape index (κ1) is 14.8. The van der Waals surface area contributed by atoms with Gasteiger partial charge in [0.15, 0.2) is 0 Å². The van der Waals surface area contributed by atoms with Crippen molar-refractivity contribution in [2.24, 2.45) is 0 Å². The van der Waals surface area contributed by atoms with Crippen molar-refractivity contribution in [3.8, 4) is 11.8 Å². The van der Waals surface area contributed by atoms with Gasteiger partial charge in [-0.3, -0.25) is 0 Å². The van der Waals surface area contributed by atoms with Crippen LogP contribution in [0.3, 0.4) is 0 Å². The highest BCUT2D eigenvalue weighted by Crippen LogP contribution is 2.04. The molecule has 0 saturated heterocycles. The predicted molar refractivity (Wildman–Crippen MR) is 70.3 cm³/mol. The monoisotopic (exact) mass is 228 g/mol. The SMILES string of the molecule is CCCCCCC#CCCCCCCCl. The first-order chi connectivity index (χ1) is 7.41. The quantitative estimate of drug-likeness (QED) is 0.291. The molecule has 0 aromatic heterocycles. The zero-order valence-electron chi connectivity index (χ0n) is 10.2. The molecule has 0 saturated carbocycles. The van der Waals surface area contributed by atoms with Crippen LogP contribution in [0.25, 0.3) is 0 Å². The van der Waals surface area contributed by atoms with Gasteiger partial charge in [0.25, 0.3) is 0 Å². The number of unbranched alkanes of at least 4 members (excludes halogenated alkanes) is 8. The van der Waals surface area contributed by atoms with E-state index >= 15 is 0 Å². The van der Waals surface area contributed by atoms with Crippen molar-refractivity contribution in [1.82, 2.24) is 0 Å². The van der Waals surface area contributed by atoms with Gasteiger partial charge < -0.3 is 0 Å². The number of alkyl halides is 1. The molecule has 0 radical (unpaired) electrons. The summed E-state index contributed by atoms with van der Waals surface area (Å²) in [6.45, 7) is 2.24. The van der Waals surface area contributed by atoms with Gasteiger partial charge >= 0.3 is 0 Å². The van der Waals surface area contributed by atoms with Gasteiger partial charge in [0.05, 0.1) is 0 Å². The highest BCUT2D eigenvalue weighted by molar-refractivity contribution is 6.17. The van der Waals surface area contributed by atoms with Gasteiger partial charge in [0.2, 0.25) is 0 Å². The minimum Gasteiger partial charge on any atom is -0.127 e. The van der Waals surface area contributed by atoms with E-state index in [-0.39, 0.29) is 0 Å². The summed E-state index contributed by atoms with van der Waals surface area (Å²) in [5.41, 5.74) is 0. The van der Waals surface area contributed by atoms with Crippen LogP contribution in [-0.2, 0) is 0 Å². The molecule has 0 aromatic carbocycles. The van der Waals surface area contributed by atoms with Crippen LogP contribution in [0.15, 0.2) is 0 Å². The van der Waals surface area contributed by atoms with Crippen LogP contribution >= 0.6 is 11.6 Å². The summed E-state index contributed by atoms with van der Waals surface area (Å²) >= 11 is 5.60. The maximum atomic E-state index is 5.60. The van der Waals surface area contributed by atoms with E-state index in [4.69, 9.17) is 11.6 Å². The molecular formula is C14H25Cl. The zero-order chi connectivity index (χ0) is 11.2. The van der Waals surface area contributed by atoms with Crippen LogP contribution in [0.5, 0.6) is 0 Å². The first-order valence-corrected chi connectivity index (χ1v) is 6.97. The standard InChI is InChI=1S/C14H25Cl/c1-2-3-4-5-6-7-8-9-10-11-12-13-14-15/h2-6,9-14H2,1H3. The number of hydrogen-bond donors (Lipinski definition) is 0. The fourth-order valence-corrected chi connectivity index (χ4v) is 1.67. The van der Waals surface area contributed by atoms with Crippen molar-refractivity contribution in [3.05, 3.63) is 0 Å². The lowest BCUT2D eigenvalue weighted by Gasteiger charge is -1.94. The largest absolute Gasteiger partial charge is 0.127 e. The summed E-state index contributed by atoms with van der Waals surface area (Å²) in [5.74, 6) is 7.32. The van der Waals surface area contributed by atoms with Crippen molar-refractivity contribution in [3.63, 3.8) is 0 Å². The Morgan fingerprint density at radius 3 is 1.80 bits per heavy atom. The Hall–Kier alpha value is -0.150. The van der Waals surface area contributed by atoms with Crippen LogP contribution in [0.4, 0.5) is 0 Å². The minimum atomic E-state index is 0.809. The zero-order valence-corrected chi connectivity index (χ0v) is 10.9. The van der Waals surface area contributed by atoms with Gasteiger partial charge in [-0.15, -0.1) is 23.4 Å². The Labute approximate surface area is 101 Å². The van der Waals surface area contributed by atoms with E-state index in [0.29, 0.717) is 0 Å². The summed E-state index contributed by atoms with van der Waals surface area (Å²) in [7, 11) is 0. The van der Waals surface area contributed by atoms with E-state index in [1.807, 2.05) is 0 Å². The van der Waals surface area contributed by atoms with Gasteiger partial charge in [0.1, 0.15) is 0 Å². The Bertz CT molecular complexity index is 164. The lowest BCUT2D eigenvalue weighted by Crippen LogP contribution is -1.78. The normalized spacial score (nSPS) is 9.73. The average molecular weight is 229 g/mol. The fourth-order valence-electron chi connectivity index (χ4n) is 1.48.